The van der Waals surface area contributed by atoms with Crippen LogP contribution in [-0.4, -0.2) is 19.1 Å². The fraction of sp³-hybridized carbons (Fsp3) is 0.200. The van der Waals surface area contributed by atoms with E-state index in [1.165, 1.54) is 33.9 Å². The second-order valence-corrected chi connectivity index (χ2v) is 6.30. The predicted molar refractivity (Wildman–Crippen MR) is 98.2 cm³/mol. The van der Waals surface area contributed by atoms with Crippen LogP contribution in [0.15, 0.2) is 55.0 Å². The van der Waals surface area contributed by atoms with Gasteiger partial charge in [0.2, 0.25) is 5.69 Å². The van der Waals surface area contributed by atoms with Gasteiger partial charge < -0.3 is 9.80 Å². The molecule has 4 rings (SSSR count). The van der Waals surface area contributed by atoms with Gasteiger partial charge in [-0.05, 0) is 30.7 Å². The summed E-state index contributed by atoms with van der Waals surface area (Å²) in [5.74, 6) is 0. The Labute approximate surface area is 142 Å². The second kappa shape index (κ2) is 5.34. The van der Waals surface area contributed by atoms with E-state index < -0.39 is 0 Å². The standard InChI is InChI=1S/C20H21N4/c1-14-9-10-17-20(19(14)18-13-21-11-12-22(18)2)24(4)16-8-6-5-7-15(16)23(17)3/h5-13H,1-4H3/q+1. The lowest BCUT2D eigenvalue weighted by molar-refractivity contribution is -0.660. The number of hydrogen-bond donors (Lipinski definition) is 0. The maximum absolute atomic E-state index is 4.35. The van der Waals surface area contributed by atoms with Crippen molar-refractivity contribution in [2.24, 2.45) is 7.05 Å². The normalized spacial score (nSPS) is 12.8. The highest BCUT2D eigenvalue weighted by atomic mass is 15.2. The summed E-state index contributed by atoms with van der Waals surface area (Å²) in [6, 6.07) is 12.9. The molecule has 0 unspecified atom stereocenters. The summed E-state index contributed by atoms with van der Waals surface area (Å²) in [5.41, 5.74) is 8.46. The molecule has 0 aliphatic carbocycles. The second-order valence-electron chi connectivity index (χ2n) is 6.30. The predicted octanol–water partition coefficient (Wildman–Crippen LogP) is 3.73. The Bertz CT molecular complexity index is 933. The lowest BCUT2D eigenvalue weighted by Crippen LogP contribution is -2.32. The topological polar surface area (TPSA) is 23.2 Å². The molecule has 0 spiro atoms. The zero-order valence-electron chi connectivity index (χ0n) is 14.5. The van der Waals surface area contributed by atoms with Gasteiger partial charge in [0, 0.05) is 14.1 Å². The molecule has 1 aliphatic heterocycles. The maximum Gasteiger partial charge on any atom is 0.233 e. The number of nitrogens with zero attached hydrogens (tertiary/aromatic N) is 4. The number of aromatic nitrogens is 2. The van der Waals surface area contributed by atoms with Crippen LogP contribution in [0.2, 0.25) is 0 Å². The number of para-hydroxylation sites is 2. The highest BCUT2D eigenvalue weighted by Crippen LogP contribution is 2.50. The van der Waals surface area contributed by atoms with Crippen LogP contribution in [0, 0.1) is 6.92 Å². The third-order valence-corrected chi connectivity index (χ3v) is 4.88. The van der Waals surface area contributed by atoms with Crippen molar-refractivity contribution in [2.75, 3.05) is 23.9 Å². The van der Waals surface area contributed by atoms with Crippen molar-refractivity contribution >= 4 is 22.7 Å². The summed E-state index contributed by atoms with van der Waals surface area (Å²) >= 11 is 0. The average molecular weight is 317 g/mol. The van der Waals surface area contributed by atoms with Gasteiger partial charge in [0.1, 0.15) is 7.05 Å². The van der Waals surface area contributed by atoms with E-state index >= 15 is 0 Å². The average Bonchev–Trinajstić information content (AvgIpc) is 2.60. The van der Waals surface area contributed by atoms with Gasteiger partial charge in [-0.3, -0.25) is 4.98 Å². The van der Waals surface area contributed by atoms with E-state index in [1.54, 1.807) is 0 Å². The minimum absolute atomic E-state index is 1.12. The monoisotopic (exact) mass is 317 g/mol. The van der Waals surface area contributed by atoms with E-state index in [2.05, 4.69) is 83.8 Å². The molecule has 0 saturated heterocycles. The molecule has 0 saturated carbocycles. The zero-order valence-corrected chi connectivity index (χ0v) is 14.5. The fourth-order valence-electron chi connectivity index (χ4n) is 3.56. The molecule has 0 fully saturated rings. The number of fused-ring (bicyclic) bond motifs is 2. The van der Waals surface area contributed by atoms with Gasteiger partial charge in [-0.2, -0.15) is 4.57 Å². The molecule has 3 aromatic rings. The Hall–Kier alpha value is -2.88. The first-order valence-corrected chi connectivity index (χ1v) is 8.09. The molecule has 24 heavy (non-hydrogen) atoms. The minimum atomic E-state index is 1.12. The first-order valence-electron chi connectivity index (χ1n) is 8.09. The lowest BCUT2D eigenvalue weighted by Gasteiger charge is -2.37. The van der Waals surface area contributed by atoms with Crippen LogP contribution in [0.4, 0.5) is 22.7 Å². The maximum atomic E-state index is 4.35. The molecule has 1 aromatic heterocycles. The van der Waals surface area contributed by atoms with Gasteiger partial charge in [0.15, 0.2) is 6.20 Å². The van der Waals surface area contributed by atoms with Crippen molar-refractivity contribution in [3.8, 4) is 11.3 Å². The van der Waals surface area contributed by atoms with Gasteiger partial charge in [-0.25, -0.2) is 0 Å². The number of benzene rings is 2. The van der Waals surface area contributed by atoms with E-state index in [0.29, 0.717) is 0 Å². The van der Waals surface area contributed by atoms with Gasteiger partial charge in [-0.1, -0.05) is 18.2 Å². The van der Waals surface area contributed by atoms with Gasteiger partial charge in [-0.15, -0.1) is 0 Å². The third-order valence-electron chi connectivity index (χ3n) is 4.88. The highest BCUT2D eigenvalue weighted by molar-refractivity contribution is 5.99. The van der Waals surface area contributed by atoms with Crippen LogP contribution in [0.3, 0.4) is 0 Å². The third kappa shape index (κ3) is 1.99. The van der Waals surface area contributed by atoms with E-state index in [4.69, 9.17) is 0 Å². The Morgan fingerprint density at radius 2 is 1.62 bits per heavy atom. The lowest BCUT2D eigenvalue weighted by atomic mass is 9.97. The highest BCUT2D eigenvalue weighted by Gasteiger charge is 2.30. The van der Waals surface area contributed by atoms with Crippen molar-refractivity contribution in [3.63, 3.8) is 0 Å². The minimum Gasteiger partial charge on any atom is -0.341 e. The molecule has 0 bridgehead atoms. The summed E-state index contributed by atoms with van der Waals surface area (Å²) in [5, 5.41) is 0. The van der Waals surface area contributed by atoms with E-state index in [0.717, 1.165) is 5.69 Å². The van der Waals surface area contributed by atoms with Crippen LogP contribution in [0.25, 0.3) is 11.3 Å². The van der Waals surface area contributed by atoms with Crippen molar-refractivity contribution < 1.29 is 4.57 Å². The smallest absolute Gasteiger partial charge is 0.233 e. The van der Waals surface area contributed by atoms with Gasteiger partial charge in [0.25, 0.3) is 0 Å². The summed E-state index contributed by atoms with van der Waals surface area (Å²) in [4.78, 5) is 8.91. The molecule has 4 heteroatoms. The quantitative estimate of drug-likeness (QED) is 0.639. The summed E-state index contributed by atoms with van der Waals surface area (Å²) < 4.78 is 2.13. The molecule has 4 nitrogen and oxygen atoms in total. The molecule has 0 radical (unpaired) electrons. The Balaban J connectivity index is 2.04. The number of aryl methyl sites for hydroxylation is 2. The Morgan fingerprint density at radius 3 is 2.33 bits per heavy atom. The molecule has 1 aliphatic rings. The molecule has 0 atom stereocenters. The first kappa shape index (κ1) is 14.7. The Morgan fingerprint density at radius 1 is 0.917 bits per heavy atom. The van der Waals surface area contributed by atoms with E-state index in [-0.39, 0.29) is 0 Å². The molecule has 120 valence electrons. The van der Waals surface area contributed by atoms with Crippen LogP contribution >= 0.6 is 0 Å². The molecule has 0 N–H and O–H groups in total. The summed E-state index contributed by atoms with van der Waals surface area (Å²) in [6.07, 6.45) is 5.75. The number of anilines is 4. The van der Waals surface area contributed by atoms with E-state index in [9.17, 15) is 0 Å². The van der Waals surface area contributed by atoms with Crippen molar-refractivity contribution in [1.82, 2.24) is 4.98 Å². The van der Waals surface area contributed by atoms with Crippen LogP contribution in [0.5, 0.6) is 0 Å². The molecule has 2 heterocycles. The molecule has 0 amide bonds. The van der Waals surface area contributed by atoms with Crippen molar-refractivity contribution in [2.45, 2.75) is 6.92 Å². The summed E-state index contributed by atoms with van der Waals surface area (Å²) in [7, 11) is 6.34. The van der Waals surface area contributed by atoms with Crippen LogP contribution < -0.4 is 14.4 Å². The molecular weight excluding hydrogens is 296 g/mol. The largest absolute Gasteiger partial charge is 0.341 e. The van der Waals surface area contributed by atoms with Crippen molar-refractivity contribution in [3.05, 3.63) is 60.6 Å². The van der Waals surface area contributed by atoms with Crippen molar-refractivity contribution in [1.29, 1.82) is 0 Å². The van der Waals surface area contributed by atoms with Crippen LogP contribution in [-0.2, 0) is 7.05 Å². The van der Waals surface area contributed by atoms with E-state index in [1.807, 2.05) is 18.6 Å². The molecular formula is C20H21N4+. The van der Waals surface area contributed by atoms with Gasteiger partial charge in [0.05, 0.1) is 40.7 Å². The number of hydrogen-bond acceptors (Lipinski definition) is 3. The van der Waals surface area contributed by atoms with Crippen LogP contribution in [0.1, 0.15) is 5.56 Å². The number of rotatable bonds is 1. The SMILES string of the molecule is Cc1ccc2c(c1-c1cncc[n+]1C)N(C)c1ccccc1N2C. The molecule has 2 aromatic carbocycles. The Kier molecular flexibility index (Phi) is 3.27. The zero-order chi connectivity index (χ0) is 16.8. The van der Waals surface area contributed by atoms with Gasteiger partial charge >= 0.3 is 0 Å². The summed E-state index contributed by atoms with van der Waals surface area (Å²) in [6.45, 7) is 2.16. The first-order chi connectivity index (χ1) is 11.6. The fourth-order valence-corrected chi connectivity index (χ4v) is 3.56.